The van der Waals surface area contributed by atoms with E-state index in [1.165, 1.54) is 0 Å². The van der Waals surface area contributed by atoms with Gasteiger partial charge in [-0.2, -0.15) is 0 Å². The zero-order valence-corrected chi connectivity index (χ0v) is 14.9. The molecule has 1 amide bonds. The summed E-state index contributed by atoms with van der Waals surface area (Å²) in [5, 5.41) is 3.32. The molecule has 0 radical (unpaired) electrons. The van der Waals surface area contributed by atoms with Crippen LogP contribution in [-0.4, -0.2) is 19.6 Å². The van der Waals surface area contributed by atoms with Crippen molar-refractivity contribution in [3.8, 4) is 11.5 Å². The van der Waals surface area contributed by atoms with Gasteiger partial charge in [0.2, 0.25) is 5.91 Å². The van der Waals surface area contributed by atoms with E-state index >= 15 is 0 Å². The van der Waals surface area contributed by atoms with Gasteiger partial charge in [0.25, 0.3) is 0 Å². The molecule has 0 saturated carbocycles. The topological polar surface area (TPSA) is 47.6 Å². The normalized spacial score (nSPS) is 10.5. The number of benzene rings is 2. The van der Waals surface area contributed by atoms with Crippen molar-refractivity contribution in [1.29, 1.82) is 0 Å². The number of carbonyl (C=O) groups is 1. The number of nitrogens with one attached hydrogen (secondary N) is 1. The summed E-state index contributed by atoms with van der Waals surface area (Å²) in [5.41, 5.74) is 1.47. The molecule has 2 aromatic carbocycles. The monoisotopic (exact) mass is 347 g/mol. The summed E-state index contributed by atoms with van der Waals surface area (Å²) in [5.74, 6) is 1.60. The van der Waals surface area contributed by atoms with Crippen molar-refractivity contribution in [3.63, 3.8) is 0 Å². The standard InChI is InChI=1S/C19H22ClNO3/c1-13(2)12-24-18-9-8-15(11-16(18)20)21-19(22)10-14-6-4-5-7-17(14)23-3/h4-9,11,13H,10,12H2,1-3H3,(H,21,22). The third-order valence-corrected chi connectivity index (χ3v) is 3.63. The minimum atomic E-state index is -0.133. The molecule has 0 heterocycles. The first-order valence-electron chi connectivity index (χ1n) is 7.83. The molecule has 0 aliphatic rings. The van der Waals surface area contributed by atoms with E-state index in [1.54, 1.807) is 25.3 Å². The summed E-state index contributed by atoms with van der Waals surface area (Å²) in [6, 6.07) is 12.7. The molecule has 0 atom stereocenters. The van der Waals surface area contributed by atoms with E-state index in [0.29, 0.717) is 34.7 Å². The Morgan fingerprint density at radius 2 is 1.92 bits per heavy atom. The fraction of sp³-hybridized carbons (Fsp3) is 0.316. The fourth-order valence-electron chi connectivity index (χ4n) is 2.18. The van der Waals surface area contributed by atoms with Crippen LogP contribution in [-0.2, 0) is 11.2 Å². The van der Waals surface area contributed by atoms with E-state index in [9.17, 15) is 4.79 Å². The number of para-hydroxylation sites is 1. The number of carbonyl (C=O) groups excluding carboxylic acids is 1. The lowest BCUT2D eigenvalue weighted by Gasteiger charge is -2.12. The highest BCUT2D eigenvalue weighted by Gasteiger charge is 2.10. The van der Waals surface area contributed by atoms with Gasteiger partial charge in [-0.3, -0.25) is 4.79 Å². The van der Waals surface area contributed by atoms with Gasteiger partial charge in [-0.25, -0.2) is 0 Å². The molecular weight excluding hydrogens is 326 g/mol. The van der Waals surface area contributed by atoms with Gasteiger partial charge in [0, 0.05) is 11.3 Å². The maximum Gasteiger partial charge on any atom is 0.228 e. The van der Waals surface area contributed by atoms with Crippen LogP contribution in [0.4, 0.5) is 5.69 Å². The maximum atomic E-state index is 12.2. The predicted molar refractivity (Wildman–Crippen MR) is 97.1 cm³/mol. The Hall–Kier alpha value is -2.20. The molecule has 0 aromatic heterocycles. The Labute approximate surface area is 147 Å². The second kappa shape index (κ2) is 8.60. The minimum Gasteiger partial charge on any atom is -0.496 e. The summed E-state index contributed by atoms with van der Waals surface area (Å²) in [7, 11) is 1.59. The molecule has 2 aromatic rings. The molecule has 0 bridgehead atoms. The molecule has 5 heteroatoms. The van der Waals surface area contributed by atoms with Gasteiger partial charge in [-0.05, 0) is 30.2 Å². The lowest BCUT2D eigenvalue weighted by atomic mass is 10.1. The molecule has 24 heavy (non-hydrogen) atoms. The van der Waals surface area contributed by atoms with Crippen molar-refractivity contribution in [1.82, 2.24) is 0 Å². The molecule has 0 fully saturated rings. The molecule has 128 valence electrons. The van der Waals surface area contributed by atoms with Crippen LogP contribution in [0.25, 0.3) is 0 Å². The van der Waals surface area contributed by atoms with E-state index in [4.69, 9.17) is 21.1 Å². The van der Waals surface area contributed by atoms with Crippen LogP contribution in [0.2, 0.25) is 5.02 Å². The highest BCUT2D eigenvalue weighted by atomic mass is 35.5. The first-order valence-corrected chi connectivity index (χ1v) is 8.21. The van der Waals surface area contributed by atoms with E-state index in [-0.39, 0.29) is 12.3 Å². The minimum absolute atomic E-state index is 0.133. The highest BCUT2D eigenvalue weighted by Crippen LogP contribution is 2.28. The molecular formula is C19H22ClNO3. The number of rotatable bonds is 7. The van der Waals surface area contributed by atoms with Crippen LogP contribution in [0.1, 0.15) is 19.4 Å². The summed E-state index contributed by atoms with van der Waals surface area (Å²) in [4.78, 5) is 12.2. The Bertz CT molecular complexity index is 701. The van der Waals surface area contributed by atoms with Gasteiger partial charge in [-0.15, -0.1) is 0 Å². The molecule has 4 nitrogen and oxygen atoms in total. The number of halogens is 1. The van der Waals surface area contributed by atoms with Crippen LogP contribution in [0.15, 0.2) is 42.5 Å². The maximum absolute atomic E-state index is 12.2. The molecule has 2 rings (SSSR count). The second-order valence-electron chi connectivity index (χ2n) is 5.89. The third kappa shape index (κ3) is 5.17. The quantitative estimate of drug-likeness (QED) is 0.798. The number of anilines is 1. The van der Waals surface area contributed by atoms with Crippen LogP contribution in [0.3, 0.4) is 0 Å². The first kappa shape index (κ1) is 18.1. The van der Waals surface area contributed by atoms with Crippen molar-refractivity contribution < 1.29 is 14.3 Å². The van der Waals surface area contributed by atoms with Gasteiger partial charge in [-0.1, -0.05) is 43.6 Å². The van der Waals surface area contributed by atoms with Crippen molar-refractivity contribution in [2.45, 2.75) is 20.3 Å². The Balaban J connectivity index is 2.00. The SMILES string of the molecule is COc1ccccc1CC(=O)Nc1ccc(OCC(C)C)c(Cl)c1. The van der Waals surface area contributed by atoms with Crippen LogP contribution in [0.5, 0.6) is 11.5 Å². The van der Waals surface area contributed by atoms with E-state index in [1.807, 2.05) is 24.3 Å². The highest BCUT2D eigenvalue weighted by molar-refractivity contribution is 6.32. The number of hydrogen-bond donors (Lipinski definition) is 1. The first-order chi connectivity index (χ1) is 11.5. The molecule has 0 spiro atoms. The molecule has 1 N–H and O–H groups in total. The lowest BCUT2D eigenvalue weighted by molar-refractivity contribution is -0.115. The summed E-state index contributed by atoms with van der Waals surface area (Å²) >= 11 is 6.21. The zero-order chi connectivity index (χ0) is 17.5. The molecule has 0 saturated heterocycles. The van der Waals surface area contributed by atoms with Crippen LogP contribution < -0.4 is 14.8 Å². The summed E-state index contributed by atoms with van der Waals surface area (Å²) in [6.07, 6.45) is 0.229. The van der Waals surface area contributed by atoms with Gasteiger partial charge in [0.05, 0.1) is 25.2 Å². The average molecular weight is 348 g/mol. The fourth-order valence-corrected chi connectivity index (χ4v) is 2.41. The van der Waals surface area contributed by atoms with Crippen molar-refractivity contribution >= 4 is 23.2 Å². The third-order valence-electron chi connectivity index (χ3n) is 3.33. The largest absolute Gasteiger partial charge is 0.496 e. The predicted octanol–water partition coefficient (Wildman–Crippen LogP) is 4.56. The molecule has 0 unspecified atom stereocenters. The smallest absolute Gasteiger partial charge is 0.228 e. The van der Waals surface area contributed by atoms with Crippen molar-refractivity contribution in [3.05, 3.63) is 53.1 Å². The Kier molecular flexibility index (Phi) is 6.50. The van der Waals surface area contributed by atoms with E-state index < -0.39 is 0 Å². The number of ether oxygens (including phenoxy) is 2. The summed E-state index contributed by atoms with van der Waals surface area (Å²) < 4.78 is 10.9. The summed E-state index contributed by atoms with van der Waals surface area (Å²) in [6.45, 7) is 4.74. The van der Waals surface area contributed by atoms with E-state index in [0.717, 1.165) is 5.56 Å². The molecule has 0 aliphatic carbocycles. The number of amides is 1. The van der Waals surface area contributed by atoms with Crippen molar-refractivity contribution in [2.75, 3.05) is 19.0 Å². The molecule has 0 aliphatic heterocycles. The Morgan fingerprint density at radius 1 is 1.17 bits per heavy atom. The van der Waals surface area contributed by atoms with Gasteiger partial charge in [0.15, 0.2) is 0 Å². The van der Waals surface area contributed by atoms with Gasteiger partial charge in [0.1, 0.15) is 11.5 Å². The van der Waals surface area contributed by atoms with E-state index in [2.05, 4.69) is 19.2 Å². The number of methoxy groups -OCH3 is 1. The second-order valence-corrected chi connectivity index (χ2v) is 6.29. The van der Waals surface area contributed by atoms with Crippen LogP contribution >= 0.6 is 11.6 Å². The van der Waals surface area contributed by atoms with Gasteiger partial charge >= 0.3 is 0 Å². The lowest BCUT2D eigenvalue weighted by Crippen LogP contribution is -2.15. The van der Waals surface area contributed by atoms with Crippen LogP contribution in [0, 0.1) is 5.92 Å². The number of hydrogen-bond acceptors (Lipinski definition) is 3. The Morgan fingerprint density at radius 3 is 2.58 bits per heavy atom. The zero-order valence-electron chi connectivity index (χ0n) is 14.1. The average Bonchev–Trinajstić information content (AvgIpc) is 2.54. The van der Waals surface area contributed by atoms with Gasteiger partial charge < -0.3 is 14.8 Å². The van der Waals surface area contributed by atoms with Crippen molar-refractivity contribution in [2.24, 2.45) is 5.92 Å².